The molecule has 33 heavy (non-hydrogen) atoms. The Hall–Kier alpha value is -3.27. The lowest BCUT2D eigenvalue weighted by atomic mass is 10.0. The summed E-state index contributed by atoms with van der Waals surface area (Å²) in [4.78, 5) is 18.3. The number of anilines is 1. The first-order chi connectivity index (χ1) is 16.0. The van der Waals surface area contributed by atoms with E-state index in [-0.39, 0.29) is 24.4 Å². The van der Waals surface area contributed by atoms with Crippen LogP contribution in [0.4, 0.5) is 10.2 Å². The third-order valence-corrected chi connectivity index (χ3v) is 6.15. The van der Waals surface area contributed by atoms with Crippen LogP contribution in [0.25, 0.3) is 23.1 Å². The molecule has 2 atom stereocenters. The van der Waals surface area contributed by atoms with Crippen LogP contribution in [-0.2, 0) is 11.3 Å². The highest BCUT2D eigenvalue weighted by Crippen LogP contribution is 2.30. The summed E-state index contributed by atoms with van der Waals surface area (Å²) < 4.78 is 21.8. The fourth-order valence-corrected chi connectivity index (χ4v) is 4.18. The minimum Gasteiger partial charge on any atom is -0.364 e. The zero-order chi connectivity index (χ0) is 22.9. The highest BCUT2D eigenvalue weighted by Gasteiger charge is 2.30. The molecule has 0 radical (unpaired) electrons. The van der Waals surface area contributed by atoms with Gasteiger partial charge in [-0.05, 0) is 45.4 Å². The number of nitrogens with zero attached hydrogens (tertiary/aromatic N) is 5. The van der Waals surface area contributed by atoms with Crippen molar-refractivity contribution in [1.82, 2.24) is 30.0 Å². The quantitative estimate of drug-likeness (QED) is 0.567. The number of piperidine rings is 1. The molecule has 3 aromatic rings. The Kier molecular flexibility index (Phi) is 5.84. The molecule has 4 heterocycles. The fraction of sp³-hybridized carbons (Fsp3) is 0.478. The molecule has 174 valence electrons. The number of likely N-dealkylation sites (tertiary alicyclic amines) is 1. The molecule has 5 rings (SSSR count). The Morgan fingerprint density at radius 3 is 2.94 bits per heavy atom. The second-order valence-corrected chi connectivity index (χ2v) is 8.79. The van der Waals surface area contributed by atoms with E-state index in [1.807, 2.05) is 49.2 Å². The van der Waals surface area contributed by atoms with Crippen molar-refractivity contribution in [3.63, 3.8) is 0 Å². The lowest BCUT2D eigenvalue weighted by Crippen LogP contribution is -2.46. The van der Waals surface area contributed by atoms with E-state index in [4.69, 9.17) is 9.62 Å². The SMILES string of the molecule is C/C=C/c1c(-c2noc(CNC(=O)C3CC3)n2)nn2c(N[C@@H]3CCN(C)C[C@@H]3F)cccc12. The number of rotatable bonds is 7. The number of alkyl halides is 1. The molecule has 3 aromatic heterocycles. The Morgan fingerprint density at radius 2 is 2.18 bits per heavy atom. The highest BCUT2D eigenvalue weighted by molar-refractivity contribution is 5.82. The van der Waals surface area contributed by atoms with Gasteiger partial charge in [0, 0.05) is 24.6 Å². The monoisotopic (exact) mass is 453 g/mol. The molecule has 1 saturated carbocycles. The molecule has 1 aliphatic carbocycles. The number of fused-ring (bicyclic) bond motifs is 1. The van der Waals surface area contributed by atoms with Crippen molar-refractivity contribution in [2.45, 2.75) is 44.9 Å². The number of carbonyl (C=O) groups excluding carboxylic acids is 1. The van der Waals surface area contributed by atoms with Crippen molar-refractivity contribution in [2.75, 3.05) is 25.5 Å². The van der Waals surface area contributed by atoms with Crippen LogP contribution >= 0.6 is 0 Å². The minimum atomic E-state index is -0.963. The first kappa shape index (κ1) is 21.6. The molecule has 9 nitrogen and oxygen atoms in total. The first-order valence-corrected chi connectivity index (χ1v) is 11.4. The molecule has 2 N–H and O–H groups in total. The summed E-state index contributed by atoms with van der Waals surface area (Å²) in [6.45, 7) is 3.36. The van der Waals surface area contributed by atoms with Gasteiger partial charge in [-0.3, -0.25) is 4.79 Å². The van der Waals surface area contributed by atoms with Crippen molar-refractivity contribution in [3.05, 3.63) is 35.7 Å². The summed E-state index contributed by atoms with van der Waals surface area (Å²) in [6, 6.07) is 5.49. The molecular weight excluding hydrogens is 425 g/mol. The van der Waals surface area contributed by atoms with E-state index in [2.05, 4.69) is 20.8 Å². The number of hydrogen-bond donors (Lipinski definition) is 2. The zero-order valence-electron chi connectivity index (χ0n) is 18.8. The summed E-state index contributed by atoms with van der Waals surface area (Å²) in [6.07, 6.45) is 5.49. The number of allylic oxidation sites excluding steroid dienone is 1. The molecule has 10 heteroatoms. The van der Waals surface area contributed by atoms with Crippen molar-refractivity contribution in [1.29, 1.82) is 0 Å². The predicted octanol–water partition coefficient (Wildman–Crippen LogP) is 2.90. The average molecular weight is 454 g/mol. The lowest BCUT2D eigenvalue weighted by Gasteiger charge is -2.33. The number of pyridine rings is 1. The highest BCUT2D eigenvalue weighted by atomic mass is 19.1. The molecular formula is C23H28FN7O2. The minimum absolute atomic E-state index is 0.0212. The summed E-state index contributed by atoms with van der Waals surface area (Å²) in [5.74, 6) is 1.52. The van der Waals surface area contributed by atoms with Crippen molar-refractivity contribution in [2.24, 2.45) is 5.92 Å². The summed E-state index contributed by atoms with van der Waals surface area (Å²) in [7, 11) is 1.93. The Labute approximate surface area is 191 Å². The molecule has 0 bridgehead atoms. The van der Waals surface area contributed by atoms with E-state index in [0.717, 1.165) is 30.5 Å². The van der Waals surface area contributed by atoms with Crippen LogP contribution in [0.3, 0.4) is 0 Å². The smallest absolute Gasteiger partial charge is 0.246 e. The number of nitrogens with one attached hydrogen (secondary N) is 2. The van der Waals surface area contributed by atoms with Gasteiger partial charge in [-0.15, -0.1) is 0 Å². The van der Waals surface area contributed by atoms with Crippen molar-refractivity contribution in [3.8, 4) is 11.5 Å². The van der Waals surface area contributed by atoms with E-state index in [9.17, 15) is 9.18 Å². The number of amides is 1. The number of halogens is 1. The number of aromatic nitrogens is 4. The number of hydrogen-bond acceptors (Lipinski definition) is 7. The zero-order valence-corrected chi connectivity index (χ0v) is 18.8. The molecule has 1 amide bonds. The van der Waals surface area contributed by atoms with Gasteiger partial charge < -0.3 is 20.1 Å². The van der Waals surface area contributed by atoms with Crippen LogP contribution < -0.4 is 10.6 Å². The van der Waals surface area contributed by atoms with E-state index < -0.39 is 6.17 Å². The molecule has 0 spiro atoms. The molecule has 1 saturated heterocycles. The van der Waals surface area contributed by atoms with E-state index >= 15 is 0 Å². The summed E-state index contributed by atoms with van der Waals surface area (Å²) in [5, 5.41) is 15.0. The maximum absolute atomic E-state index is 14.6. The third-order valence-electron chi connectivity index (χ3n) is 6.15. The second kappa shape index (κ2) is 8.93. The van der Waals surface area contributed by atoms with Crippen LogP contribution in [0, 0.1) is 5.92 Å². The molecule has 2 aliphatic rings. The van der Waals surface area contributed by atoms with Crippen molar-refractivity contribution < 1.29 is 13.7 Å². The lowest BCUT2D eigenvalue weighted by molar-refractivity contribution is -0.122. The van der Waals surface area contributed by atoms with Crippen LogP contribution in [0.5, 0.6) is 0 Å². The number of carbonyl (C=O) groups is 1. The van der Waals surface area contributed by atoms with E-state index in [1.54, 1.807) is 4.52 Å². The second-order valence-electron chi connectivity index (χ2n) is 8.79. The first-order valence-electron chi connectivity index (χ1n) is 11.4. The Balaban J connectivity index is 1.43. The topological polar surface area (TPSA) is 101 Å². The average Bonchev–Trinajstić information content (AvgIpc) is 3.44. The maximum atomic E-state index is 14.6. The van der Waals surface area contributed by atoms with Crippen LogP contribution in [-0.4, -0.2) is 62.9 Å². The van der Waals surface area contributed by atoms with Gasteiger partial charge >= 0.3 is 0 Å². The van der Waals surface area contributed by atoms with Gasteiger partial charge in [0.05, 0.1) is 18.1 Å². The van der Waals surface area contributed by atoms with Crippen LogP contribution in [0.15, 0.2) is 28.8 Å². The third kappa shape index (κ3) is 4.47. The van der Waals surface area contributed by atoms with Crippen LogP contribution in [0.1, 0.15) is 37.6 Å². The van der Waals surface area contributed by atoms with Crippen LogP contribution in [0.2, 0.25) is 0 Å². The van der Waals surface area contributed by atoms with Gasteiger partial charge in [0.15, 0.2) is 0 Å². The fourth-order valence-electron chi connectivity index (χ4n) is 4.18. The normalized spacial score (nSPS) is 21.7. The van der Waals surface area contributed by atoms with E-state index in [1.165, 1.54) is 0 Å². The standard InChI is InChI=1S/C23H28FN7O2/c1-3-5-15-18-6-4-7-19(26-17-10-11-30(2)13-16(17)24)31(18)28-21(15)22-27-20(33-29-22)12-25-23(32)14-8-9-14/h3-7,14,16-17,26H,8-13H2,1-2H3,(H,25,32)/b5-3+/t16-,17+/m0/s1. The van der Waals surface area contributed by atoms with Gasteiger partial charge in [-0.2, -0.15) is 10.1 Å². The van der Waals surface area contributed by atoms with E-state index in [0.29, 0.717) is 36.2 Å². The predicted molar refractivity (Wildman–Crippen MR) is 122 cm³/mol. The molecule has 0 aromatic carbocycles. The molecule has 2 fully saturated rings. The Morgan fingerprint density at radius 1 is 1.33 bits per heavy atom. The summed E-state index contributed by atoms with van der Waals surface area (Å²) in [5.41, 5.74) is 2.26. The van der Waals surface area contributed by atoms with Gasteiger partial charge in [-0.1, -0.05) is 23.4 Å². The summed E-state index contributed by atoms with van der Waals surface area (Å²) >= 11 is 0. The van der Waals surface area contributed by atoms with Crippen molar-refractivity contribution >= 4 is 23.3 Å². The van der Waals surface area contributed by atoms with Gasteiger partial charge in [0.25, 0.3) is 0 Å². The largest absolute Gasteiger partial charge is 0.364 e. The molecule has 1 aliphatic heterocycles. The van der Waals surface area contributed by atoms with Gasteiger partial charge in [-0.25, -0.2) is 8.91 Å². The Bertz CT molecular complexity index is 1180. The molecule has 0 unspecified atom stereocenters. The van der Waals surface area contributed by atoms with Gasteiger partial charge in [0.1, 0.15) is 17.7 Å². The van der Waals surface area contributed by atoms with Gasteiger partial charge in [0.2, 0.25) is 17.6 Å². The maximum Gasteiger partial charge on any atom is 0.246 e.